The van der Waals surface area contributed by atoms with Crippen LogP contribution in [0.1, 0.15) is 37.8 Å². The molecule has 2 aliphatic carbocycles. The van der Waals surface area contributed by atoms with E-state index in [1.54, 1.807) is 0 Å². The number of Topliss-reactive ketones (excluding diaryl/α,β-unsaturated/α-hetero) is 1. The standard InChI is InChI=1S/C19H21NO3/c1-10-5-6-12(11(2)7-10)20-16(22)14-15(17(20)23)19(4)9-18(14,3)8-13(19)21/h5-7,14-15H,8-9H2,1-4H3/t14-,15-,18+,19-/m1/s1. The van der Waals surface area contributed by atoms with E-state index in [2.05, 4.69) is 0 Å². The Labute approximate surface area is 135 Å². The molecule has 4 heteroatoms. The van der Waals surface area contributed by atoms with Crippen LogP contribution in [0.25, 0.3) is 0 Å². The summed E-state index contributed by atoms with van der Waals surface area (Å²) in [6, 6.07) is 5.74. The zero-order chi connectivity index (χ0) is 16.7. The Bertz CT molecular complexity index is 783. The third-order valence-corrected chi connectivity index (χ3v) is 6.31. The summed E-state index contributed by atoms with van der Waals surface area (Å²) in [6.45, 7) is 7.78. The fourth-order valence-corrected chi connectivity index (χ4v) is 5.38. The predicted octanol–water partition coefficient (Wildman–Crippen LogP) is 2.80. The molecule has 0 N–H and O–H groups in total. The monoisotopic (exact) mass is 311 g/mol. The number of amides is 2. The minimum atomic E-state index is -0.667. The average Bonchev–Trinajstić information content (AvgIpc) is 2.94. The van der Waals surface area contributed by atoms with Crippen LogP contribution in [0.15, 0.2) is 18.2 Å². The van der Waals surface area contributed by atoms with Crippen molar-refractivity contribution in [2.45, 2.75) is 40.5 Å². The van der Waals surface area contributed by atoms with Gasteiger partial charge >= 0.3 is 0 Å². The number of fused-ring (bicyclic) bond motifs is 5. The van der Waals surface area contributed by atoms with E-state index in [1.807, 2.05) is 45.9 Å². The molecule has 4 atom stereocenters. The Morgan fingerprint density at radius 2 is 1.70 bits per heavy atom. The van der Waals surface area contributed by atoms with Gasteiger partial charge in [-0.05, 0) is 37.3 Å². The van der Waals surface area contributed by atoms with E-state index in [4.69, 9.17) is 0 Å². The van der Waals surface area contributed by atoms with Crippen LogP contribution in [0, 0.1) is 36.5 Å². The molecule has 120 valence electrons. The van der Waals surface area contributed by atoms with Crippen LogP contribution >= 0.6 is 0 Å². The number of aryl methyl sites for hydroxylation is 2. The molecule has 1 saturated heterocycles. The van der Waals surface area contributed by atoms with Gasteiger partial charge in [-0.2, -0.15) is 0 Å². The van der Waals surface area contributed by atoms with Crippen LogP contribution in [0.3, 0.4) is 0 Å². The summed E-state index contributed by atoms with van der Waals surface area (Å²) >= 11 is 0. The van der Waals surface area contributed by atoms with Crippen LogP contribution in [0.4, 0.5) is 5.69 Å². The molecule has 23 heavy (non-hydrogen) atoms. The zero-order valence-corrected chi connectivity index (χ0v) is 14.0. The molecular formula is C19H21NO3. The first-order valence-corrected chi connectivity index (χ1v) is 8.17. The molecule has 0 spiro atoms. The molecule has 0 aromatic heterocycles. The van der Waals surface area contributed by atoms with E-state index >= 15 is 0 Å². The Balaban J connectivity index is 1.84. The largest absolute Gasteiger partial charge is 0.299 e. The van der Waals surface area contributed by atoms with Crippen molar-refractivity contribution in [1.82, 2.24) is 0 Å². The van der Waals surface area contributed by atoms with Crippen molar-refractivity contribution < 1.29 is 14.4 Å². The third kappa shape index (κ3) is 1.59. The third-order valence-electron chi connectivity index (χ3n) is 6.31. The van der Waals surface area contributed by atoms with Crippen LogP contribution in [0.2, 0.25) is 0 Å². The maximum absolute atomic E-state index is 13.1. The summed E-state index contributed by atoms with van der Waals surface area (Å²) in [7, 11) is 0. The number of benzene rings is 1. The molecule has 1 aromatic rings. The molecule has 4 nitrogen and oxygen atoms in total. The highest BCUT2D eigenvalue weighted by atomic mass is 16.2. The van der Waals surface area contributed by atoms with Crippen molar-refractivity contribution in [2.75, 3.05) is 4.90 Å². The van der Waals surface area contributed by atoms with Gasteiger partial charge in [-0.15, -0.1) is 0 Å². The zero-order valence-electron chi connectivity index (χ0n) is 14.0. The Morgan fingerprint density at radius 1 is 1.04 bits per heavy atom. The maximum atomic E-state index is 13.1. The van der Waals surface area contributed by atoms with Gasteiger partial charge in [-0.3, -0.25) is 14.4 Å². The van der Waals surface area contributed by atoms with Gasteiger partial charge in [0.05, 0.1) is 17.5 Å². The summed E-state index contributed by atoms with van der Waals surface area (Å²) < 4.78 is 0. The number of anilines is 1. The number of carbonyl (C=O) groups is 3. The number of carbonyl (C=O) groups excluding carboxylic acids is 3. The van der Waals surface area contributed by atoms with Gasteiger partial charge in [0.1, 0.15) is 5.78 Å². The van der Waals surface area contributed by atoms with Crippen molar-refractivity contribution in [3.8, 4) is 0 Å². The molecular weight excluding hydrogens is 290 g/mol. The molecule has 2 amide bonds. The first kappa shape index (κ1) is 14.6. The quantitative estimate of drug-likeness (QED) is 0.749. The van der Waals surface area contributed by atoms with Crippen LogP contribution in [-0.2, 0) is 14.4 Å². The molecule has 1 aromatic carbocycles. The van der Waals surface area contributed by atoms with Crippen molar-refractivity contribution in [2.24, 2.45) is 22.7 Å². The number of hydrogen-bond acceptors (Lipinski definition) is 3. The van der Waals surface area contributed by atoms with Crippen molar-refractivity contribution in [1.29, 1.82) is 0 Å². The van der Waals surface area contributed by atoms with Crippen LogP contribution in [0.5, 0.6) is 0 Å². The molecule has 0 radical (unpaired) electrons. The minimum absolute atomic E-state index is 0.120. The van der Waals surface area contributed by atoms with Crippen molar-refractivity contribution in [3.05, 3.63) is 29.3 Å². The fourth-order valence-electron chi connectivity index (χ4n) is 5.38. The lowest BCUT2D eigenvalue weighted by atomic mass is 9.68. The van der Waals surface area contributed by atoms with Gasteiger partial charge in [0.15, 0.2) is 0 Å². The van der Waals surface area contributed by atoms with Gasteiger partial charge in [0, 0.05) is 11.8 Å². The molecule has 2 saturated carbocycles. The summed E-state index contributed by atoms with van der Waals surface area (Å²) in [5.41, 5.74) is 1.65. The number of ketones is 1. The molecule has 2 bridgehead atoms. The normalized spacial score (nSPS) is 38.6. The Morgan fingerprint density at radius 3 is 2.35 bits per heavy atom. The molecule has 3 aliphatic rings. The summed E-state index contributed by atoms with van der Waals surface area (Å²) in [4.78, 5) is 39.9. The Kier molecular flexibility index (Phi) is 2.61. The lowest BCUT2D eigenvalue weighted by Gasteiger charge is -2.30. The van der Waals surface area contributed by atoms with E-state index < -0.39 is 11.3 Å². The van der Waals surface area contributed by atoms with Gasteiger partial charge in [0.25, 0.3) is 0 Å². The molecule has 1 heterocycles. The highest BCUT2D eigenvalue weighted by Crippen LogP contribution is 2.68. The van der Waals surface area contributed by atoms with Gasteiger partial charge < -0.3 is 0 Å². The van der Waals surface area contributed by atoms with E-state index in [0.717, 1.165) is 11.1 Å². The maximum Gasteiger partial charge on any atom is 0.238 e. The summed E-state index contributed by atoms with van der Waals surface area (Å²) in [6.07, 6.45) is 1.08. The first-order valence-electron chi connectivity index (χ1n) is 8.17. The smallest absolute Gasteiger partial charge is 0.238 e. The predicted molar refractivity (Wildman–Crippen MR) is 85.8 cm³/mol. The number of hydrogen-bond donors (Lipinski definition) is 0. The first-order chi connectivity index (χ1) is 10.7. The second kappa shape index (κ2) is 4.11. The fraction of sp³-hybridized carbons (Fsp3) is 0.526. The second-order valence-corrected chi connectivity index (χ2v) is 8.11. The van der Waals surface area contributed by atoms with Crippen LogP contribution < -0.4 is 4.90 Å². The molecule has 4 rings (SSSR count). The summed E-state index contributed by atoms with van der Waals surface area (Å²) in [5, 5.41) is 0. The minimum Gasteiger partial charge on any atom is -0.299 e. The van der Waals surface area contributed by atoms with Crippen molar-refractivity contribution >= 4 is 23.3 Å². The van der Waals surface area contributed by atoms with Gasteiger partial charge in [-0.25, -0.2) is 4.90 Å². The average molecular weight is 311 g/mol. The van der Waals surface area contributed by atoms with Gasteiger partial charge in [0.2, 0.25) is 11.8 Å². The van der Waals surface area contributed by atoms with Crippen LogP contribution in [-0.4, -0.2) is 17.6 Å². The molecule has 1 aliphatic heterocycles. The highest BCUT2D eigenvalue weighted by molar-refractivity contribution is 6.25. The SMILES string of the molecule is Cc1ccc(N2C(=O)[C@H]3[C@H](C2=O)[C@]2(C)C[C@]3(C)CC2=O)c(C)c1. The number of nitrogens with zero attached hydrogens (tertiary/aromatic N) is 1. The van der Waals surface area contributed by atoms with E-state index in [-0.39, 0.29) is 28.9 Å². The highest BCUT2D eigenvalue weighted by Gasteiger charge is 2.74. The number of rotatable bonds is 1. The van der Waals surface area contributed by atoms with E-state index in [0.29, 0.717) is 18.5 Å². The lowest BCUT2D eigenvalue weighted by Crippen LogP contribution is -2.40. The topological polar surface area (TPSA) is 54.5 Å². The second-order valence-electron chi connectivity index (χ2n) is 8.11. The van der Waals surface area contributed by atoms with Crippen molar-refractivity contribution in [3.63, 3.8) is 0 Å². The molecule has 0 unspecified atom stereocenters. The summed E-state index contributed by atoms with van der Waals surface area (Å²) in [5.74, 6) is -0.998. The van der Waals surface area contributed by atoms with Gasteiger partial charge in [-0.1, -0.05) is 31.5 Å². The Hall–Kier alpha value is -1.97. The van der Waals surface area contributed by atoms with E-state index in [1.165, 1.54) is 4.90 Å². The molecule has 3 fully saturated rings. The lowest BCUT2D eigenvalue weighted by molar-refractivity contribution is -0.138. The number of imide groups is 1. The van der Waals surface area contributed by atoms with E-state index in [9.17, 15) is 14.4 Å².